The van der Waals surface area contributed by atoms with Gasteiger partial charge in [-0.25, -0.2) is 4.79 Å². The molecule has 0 saturated carbocycles. The Morgan fingerprint density at radius 3 is 2.41 bits per heavy atom. The van der Waals surface area contributed by atoms with E-state index in [1.165, 1.54) is 21.1 Å². The predicted octanol–water partition coefficient (Wildman–Crippen LogP) is -0.996. The Morgan fingerprint density at radius 1 is 1.36 bits per heavy atom. The van der Waals surface area contributed by atoms with E-state index in [-0.39, 0.29) is 27.0 Å². The van der Waals surface area contributed by atoms with Crippen LogP contribution in [0.3, 0.4) is 0 Å². The van der Waals surface area contributed by atoms with E-state index in [1.54, 1.807) is 0 Å². The number of ether oxygens (including phenoxy) is 1. The van der Waals surface area contributed by atoms with Crippen molar-refractivity contribution in [3.63, 3.8) is 0 Å². The average molecular weight is 420 g/mol. The fourth-order valence-electron chi connectivity index (χ4n) is 1.98. The summed E-state index contributed by atoms with van der Waals surface area (Å²) in [5.41, 5.74) is 4.63. The van der Waals surface area contributed by atoms with Crippen molar-refractivity contribution in [2.75, 3.05) is 12.3 Å². The van der Waals surface area contributed by atoms with Gasteiger partial charge in [-0.3, -0.25) is 4.57 Å². The van der Waals surface area contributed by atoms with Crippen molar-refractivity contribution >= 4 is 27.0 Å². The van der Waals surface area contributed by atoms with Gasteiger partial charge < -0.3 is 25.8 Å². The fourth-order valence-corrected chi connectivity index (χ4v) is 3.41. The molecule has 0 aliphatic carbocycles. The molecule has 124 valence electrons. The van der Waals surface area contributed by atoms with Gasteiger partial charge in [0.1, 0.15) is 24.1 Å². The third kappa shape index (κ3) is 4.91. The fraction of sp³-hybridized carbons (Fsp3) is 0.692. The van der Waals surface area contributed by atoms with Gasteiger partial charge in [0.2, 0.25) is 0 Å². The molecule has 22 heavy (non-hydrogen) atoms. The number of hydrogen-bond donors (Lipinski definition) is 4. The Balaban J connectivity index is 0.000000422. The summed E-state index contributed by atoms with van der Waals surface area (Å²) in [5, 5.41) is 28.2. The summed E-state index contributed by atoms with van der Waals surface area (Å²) in [7, 11) is 0. The minimum absolute atomic E-state index is 0.0537. The molecule has 8 nitrogen and oxygen atoms in total. The number of nitrogen functional groups attached to an aromatic ring is 1. The summed E-state index contributed by atoms with van der Waals surface area (Å²) in [5.74, 6) is 0.0537. The van der Waals surface area contributed by atoms with Crippen LogP contribution in [0.5, 0.6) is 0 Å². The van der Waals surface area contributed by atoms with E-state index >= 15 is 0 Å². The standard InChI is InChI=1S/C9H13N3O5.2C2H5.Sn/c10-5-1-2-12(9(16)11-5)8-7(15)6(14)4(3-13)17-8;2*1-2;/h1-2,4,6-8,13-15H,3H2,(H2,10,11,16);2*1H2,2H3;. The van der Waals surface area contributed by atoms with Crippen LogP contribution in [0.15, 0.2) is 17.1 Å². The first-order chi connectivity index (χ1) is 10.5. The number of nitrogens with zero attached hydrogens (tertiary/aromatic N) is 2. The topological polar surface area (TPSA) is 131 Å². The van der Waals surface area contributed by atoms with E-state index < -0.39 is 36.8 Å². The SMILES string of the molecule is C[CH2][Sn][CH2]C.Nc1ccn(C2OC(CO)C(O)C2O)c(=O)n1. The van der Waals surface area contributed by atoms with Crippen LogP contribution >= 0.6 is 0 Å². The maximum Gasteiger partial charge on any atom is 0.351 e. The minimum Gasteiger partial charge on any atom is -0.394 e. The van der Waals surface area contributed by atoms with Crippen LogP contribution in [-0.4, -0.2) is 70.9 Å². The summed E-state index contributed by atoms with van der Waals surface area (Å²) in [6.45, 7) is 4.12. The molecule has 1 aromatic heterocycles. The Hall–Kier alpha value is -0.681. The predicted molar refractivity (Wildman–Crippen MR) is 82.6 cm³/mol. The van der Waals surface area contributed by atoms with Crippen molar-refractivity contribution in [2.45, 2.75) is 47.3 Å². The molecular weight excluding hydrogens is 397 g/mol. The van der Waals surface area contributed by atoms with Crippen LogP contribution in [0.1, 0.15) is 20.1 Å². The smallest absolute Gasteiger partial charge is 0.351 e. The Morgan fingerprint density at radius 2 is 2.00 bits per heavy atom. The molecule has 2 rings (SSSR count). The summed E-state index contributed by atoms with van der Waals surface area (Å²) in [6, 6.07) is 1.37. The van der Waals surface area contributed by atoms with Gasteiger partial charge in [-0.1, -0.05) is 0 Å². The first-order valence-corrected chi connectivity index (χ1v) is 11.2. The summed E-state index contributed by atoms with van der Waals surface area (Å²) in [6.07, 6.45) is -3.27. The normalized spacial score (nSPS) is 27.3. The van der Waals surface area contributed by atoms with Gasteiger partial charge in [-0.2, -0.15) is 4.98 Å². The number of aromatic nitrogens is 2. The minimum atomic E-state index is -1.31. The largest absolute Gasteiger partial charge is 0.394 e. The molecule has 4 unspecified atom stereocenters. The second-order valence-corrected chi connectivity index (χ2v) is 10.2. The zero-order valence-electron chi connectivity index (χ0n) is 12.7. The quantitative estimate of drug-likeness (QED) is 0.460. The molecule has 2 radical (unpaired) electrons. The first-order valence-electron chi connectivity index (χ1n) is 7.14. The van der Waals surface area contributed by atoms with Crippen LogP contribution < -0.4 is 11.4 Å². The van der Waals surface area contributed by atoms with Crippen LogP contribution in [0.2, 0.25) is 8.87 Å². The van der Waals surface area contributed by atoms with Gasteiger partial charge in [0.15, 0.2) is 6.23 Å². The third-order valence-electron chi connectivity index (χ3n) is 3.14. The Kier molecular flexibility index (Phi) is 8.32. The number of rotatable bonds is 4. The molecule has 1 fully saturated rings. The van der Waals surface area contributed by atoms with Gasteiger partial charge >= 0.3 is 49.6 Å². The molecule has 4 atom stereocenters. The summed E-state index contributed by atoms with van der Waals surface area (Å²) >= 11 is 0.218. The van der Waals surface area contributed by atoms with Crippen LogP contribution in [0, 0.1) is 0 Å². The average Bonchev–Trinajstić information content (AvgIpc) is 2.77. The molecule has 2 heterocycles. The molecule has 5 N–H and O–H groups in total. The molecule has 0 amide bonds. The summed E-state index contributed by atoms with van der Waals surface area (Å²) in [4.78, 5) is 15.0. The Bertz CT molecular complexity index is 511. The van der Waals surface area contributed by atoms with E-state index in [9.17, 15) is 15.0 Å². The van der Waals surface area contributed by atoms with Crippen molar-refractivity contribution in [3.05, 3.63) is 22.7 Å². The maximum atomic E-state index is 11.5. The second kappa shape index (κ2) is 9.46. The van der Waals surface area contributed by atoms with Crippen molar-refractivity contribution < 1.29 is 20.1 Å². The zero-order valence-corrected chi connectivity index (χ0v) is 15.6. The van der Waals surface area contributed by atoms with Gasteiger partial charge in [0, 0.05) is 6.20 Å². The number of aliphatic hydroxyl groups excluding tert-OH is 3. The second-order valence-electron chi connectivity index (χ2n) is 4.73. The molecule has 1 aromatic rings. The van der Waals surface area contributed by atoms with Crippen LogP contribution in [0.4, 0.5) is 5.82 Å². The van der Waals surface area contributed by atoms with Gasteiger partial charge in [-0.05, 0) is 6.07 Å². The third-order valence-corrected chi connectivity index (χ3v) is 6.00. The van der Waals surface area contributed by atoms with Crippen molar-refractivity contribution in [3.8, 4) is 0 Å². The van der Waals surface area contributed by atoms with Crippen LogP contribution in [-0.2, 0) is 4.74 Å². The van der Waals surface area contributed by atoms with Crippen molar-refractivity contribution in [2.24, 2.45) is 0 Å². The number of aliphatic hydroxyl groups is 3. The van der Waals surface area contributed by atoms with Gasteiger partial charge in [0.25, 0.3) is 0 Å². The van der Waals surface area contributed by atoms with Gasteiger partial charge in [0.05, 0.1) is 6.61 Å². The van der Waals surface area contributed by atoms with Crippen molar-refractivity contribution in [1.29, 1.82) is 0 Å². The van der Waals surface area contributed by atoms with Gasteiger partial charge in [-0.15, -0.1) is 0 Å². The number of anilines is 1. The molecule has 1 saturated heterocycles. The monoisotopic (exact) mass is 421 g/mol. The molecule has 9 heteroatoms. The summed E-state index contributed by atoms with van der Waals surface area (Å²) < 4.78 is 9.22. The van der Waals surface area contributed by atoms with E-state index in [1.807, 2.05) is 0 Å². The van der Waals surface area contributed by atoms with E-state index in [2.05, 4.69) is 18.8 Å². The first kappa shape index (κ1) is 19.4. The van der Waals surface area contributed by atoms with E-state index in [0.717, 1.165) is 4.57 Å². The molecular formula is C13H23N3O5Sn. The maximum absolute atomic E-state index is 11.5. The molecule has 1 aliphatic rings. The zero-order chi connectivity index (χ0) is 16.7. The molecule has 1 aliphatic heterocycles. The van der Waals surface area contributed by atoms with Crippen LogP contribution in [0.25, 0.3) is 0 Å². The van der Waals surface area contributed by atoms with E-state index in [4.69, 9.17) is 15.6 Å². The molecule has 0 spiro atoms. The number of nitrogens with two attached hydrogens (primary N) is 1. The Labute approximate surface area is 139 Å². The number of hydrogen-bond acceptors (Lipinski definition) is 7. The molecule has 0 bridgehead atoms. The van der Waals surface area contributed by atoms with Crippen molar-refractivity contribution in [1.82, 2.24) is 9.55 Å². The van der Waals surface area contributed by atoms with E-state index in [0.29, 0.717) is 0 Å². The molecule has 0 aromatic carbocycles.